The van der Waals surface area contributed by atoms with Gasteiger partial charge in [0.2, 0.25) is 0 Å². The number of aromatic nitrogens is 2. The van der Waals surface area contributed by atoms with Crippen molar-refractivity contribution in [2.45, 2.75) is 26.3 Å². The maximum Gasteiger partial charge on any atom is 0.168 e. The minimum Gasteiger partial charge on any atom is -0.493 e. The van der Waals surface area contributed by atoms with E-state index in [1.165, 1.54) is 25.0 Å². The molecular weight excluding hydrogens is 326 g/mol. The molecule has 2 aromatic rings. The SMILES string of the molecule is COc1cccc2c1OCC(CN1CCC[C@@H](Cn3ccnc3C)C1)=C2. The molecule has 4 rings (SSSR count). The zero-order valence-corrected chi connectivity index (χ0v) is 15.6. The van der Waals surface area contributed by atoms with Crippen LogP contribution in [0.25, 0.3) is 6.08 Å². The number of methoxy groups -OCH3 is 1. The summed E-state index contributed by atoms with van der Waals surface area (Å²) in [5, 5.41) is 0. The van der Waals surface area contributed by atoms with Crippen molar-refractivity contribution in [2.24, 2.45) is 5.92 Å². The van der Waals surface area contributed by atoms with Crippen molar-refractivity contribution in [3.63, 3.8) is 0 Å². The van der Waals surface area contributed by atoms with Crippen molar-refractivity contribution >= 4 is 6.08 Å². The van der Waals surface area contributed by atoms with E-state index < -0.39 is 0 Å². The number of rotatable bonds is 5. The molecule has 1 fully saturated rings. The first-order valence-corrected chi connectivity index (χ1v) is 9.42. The van der Waals surface area contributed by atoms with Crippen LogP contribution in [0.1, 0.15) is 24.2 Å². The molecular formula is C21H27N3O2. The van der Waals surface area contributed by atoms with E-state index in [1.54, 1.807) is 7.11 Å². The van der Waals surface area contributed by atoms with Crippen LogP contribution in [-0.4, -0.2) is 47.8 Å². The van der Waals surface area contributed by atoms with Crippen molar-refractivity contribution in [3.8, 4) is 11.5 Å². The first kappa shape index (κ1) is 17.2. The number of piperidine rings is 1. The summed E-state index contributed by atoms with van der Waals surface area (Å²) in [5.74, 6) is 3.47. The van der Waals surface area contributed by atoms with Gasteiger partial charge in [0.05, 0.1) is 7.11 Å². The van der Waals surface area contributed by atoms with E-state index in [1.807, 2.05) is 18.3 Å². The average Bonchev–Trinajstić information content (AvgIpc) is 3.06. The van der Waals surface area contributed by atoms with Crippen LogP contribution in [-0.2, 0) is 6.54 Å². The highest BCUT2D eigenvalue weighted by Crippen LogP contribution is 2.35. The zero-order valence-electron chi connectivity index (χ0n) is 15.6. The van der Waals surface area contributed by atoms with Gasteiger partial charge in [0.25, 0.3) is 0 Å². The van der Waals surface area contributed by atoms with Crippen LogP contribution in [0.15, 0.2) is 36.2 Å². The predicted molar refractivity (Wildman–Crippen MR) is 103 cm³/mol. The molecule has 3 heterocycles. The Morgan fingerprint density at radius 3 is 3.08 bits per heavy atom. The molecule has 26 heavy (non-hydrogen) atoms. The van der Waals surface area contributed by atoms with Crippen LogP contribution >= 0.6 is 0 Å². The van der Waals surface area contributed by atoms with Gasteiger partial charge in [-0.2, -0.15) is 0 Å². The van der Waals surface area contributed by atoms with E-state index in [0.29, 0.717) is 12.5 Å². The molecule has 0 N–H and O–H groups in total. The summed E-state index contributed by atoms with van der Waals surface area (Å²) in [7, 11) is 1.69. The Morgan fingerprint density at radius 2 is 2.27 bits per heavy atom. The van der Waals surface area contributed by atoms with Crippen LogP contribution in [0.2, 0.25) is 0 Å². The number of imidazole rings is 1. The summed E-state index contributed by atoms with van der Waals surface area (Å²) in [6, 6.07) is 6.06. The molecule has 0 amide bonds. The molecule has 2 aliphatic heterocycles. The Morgan fingerprint density at radius 1 is 1.35 bits per heavy atom. The predicted octanol–water partition coefficient (Wildman–Crippen LogP) is 3.39. The van der Waals surface area contributed by atoms with Gasteiger partial charge in [-0.05, 0) is 49.9 Å². The highest BCUT2D eigenvalue weighted by molar-refractivity contribution is 5.66. The number of likely N-dealkylation sites (tertiary alicyclic amines) is 1. The van der Waals surface area contributed by atoms with E-state index >= 15 is 0 Å². The molecule has 0 spiro atoms. The average molecular weight is 353 g/mol. The first-order chi connectivity index (χ1) is 12.7. The number of fused-ring (bicyclic) bond motifs is 1. The molecule has 5 heteroatoms. The Kier molecular flexibility index (Phi) is 4.98. The molecule has 0 bridgehead atoms. The third-order valence-corrected chi connectivity index (χ3v) is 5.40. The lowest BCUT2D eigenvalue weighted by Gasteiger charge is -2.34. The van der Waals surface area contributed by atoms with Crippen LogP contribution < -0.4 is 9.47 Å². The second-order valence-corrected chi connectivity index (χ2v) is 7.34. The van der Waals surface area contributed by atoms with Gasteiger partial charge in [0.1, 0.15) is 12.4 Å². The van der Waals surface area contributed by atoms with Crippen LogP contribution in [0, 0.1) is 12.8 Å². The van der Waals surface area contributed by atoms with Gasteiger partial charge in [0, 0.05) is 37.6 Å². The Labute approximate surface area is 155 Å². The molecule has 1 atom stereocenters. The van der Waals surface area contributed by atoms with E-state index in [-0.39, 0.29) is 0 Å². The van der Waals surface area contributed by atoms with E-state index in [2.05, 4.69) is 39.7 Å². The van der Waals surface area contributed by atoms with Crippen LogP contribution in [0.4, 0.5) is 0 Å². The van der Waals surface area contributed by atoms with Gasteiger partial charge in [-0.3, -0.25) is 4.90 Å². The second kappa shape index (κ2) is 7.54. The van der Waals surface area contributed by atoms with Gasteiger partial charge < -0.3 is 14.0 Å². The highest BCUT2D eigenvalue weighted by Gasteiger charge is 2.23. The lowest BCUT2D eigenvalue weighted by Crippen LogP contribution is -2.39. The Hall–Kier alpha value is -2.27. The number of hydrogen-bond acceptors (Lipinski definition) is 4. The van der Waals surface area contributed by atoms with Gasteiger partial charge >= 0.3 is 0 Å². The number of ether oxygens (including phenoxy) is 2. The number of hydrogen-bond donors (Lipinski definition) is 0. The first-order valence-electron chi connectivity index (χ1n) is 9.42. The van der Waals surface area contributed by atoms with Crippen LogP contribution in [0.5, 0.6) is 11.5 Å². The summed E-state index contributed by atoms with van der Waals surface area (Å²) in [6.45, 7) is 7.08. The van der Waals surface area contributed by atoms with Gasteiger partial charge in [-0.25, -0.2) is 4.98 Å². The molecule has 1 aromatic heterocycles. The van der Waals surface area contributed by atoms with Crippen molar-refractivity contribution < 1.29 is 9.47 Å². The number of para-hydroxylation sites is 1. The molecule has 0 aliphatic carbocycles. The summed E-state index contributed by atoms with van der Waals surface area (Å²) >= 11 is 0. The molecule has 2 aliphatic rings. The van der Waals surface area contributed by atoms with E-state index in [4.69, 9.17) is 9.47 Å². The van der Waals surface area contributed by atoms with Crippen LogP contribution in [0.3, 0.4) is 0 Å². The second-order valence-electron chi connectivity index (χ2n) is 7.34. The lowest BCUT2D eigenvalue weighted by atomic mass is 9.97. The molecule has 0 unspecified atom stereocenters. The monoisotopic (exact) mass is 353 g/mol. The fraction of sp³-hybridized carbons (Fsp3) is 0.476. The van der Waals surface area contributed by atoms with Crippen molar-refractivity contribution in [3.05, 3.63) is 47.6 Å². The number of benzene rings is 1. The smallest absolute Gasteiger partial charge is 0.168 e. The van der Waals surface area contributed by atoms with E-state index in [0.717, 1.165) is 42.5 Å². The summed E-state index contributed by atoms with van der Waals surface area (Å²) in [5.41, 5.74) is 2.46. The summed E-state index contributed by atoms with van der Waals surface area (Å²) < 4.78 is 13.7. The third-order valence-electron chi connectivity index (χ3n) is 5.40. The van der Waals surface area contributed by atoms with Crippen molar-refractivity contribution in [2.75, 3.05) is 33.4 Å². The number of aryl methyl sites for hydroxylation is 1. The lowest BCUT2D eigenvalue weighted by molar-refractivity contribution is 0.169. The fourth-order valence-corrected chi connectivity index (χ4v) is 4.09. The maximum absolute atomic E-state index is 6.00. The molecule has 1 aromatic carbocycles. The fourth-order valence-electron chi connectivity index (χ4n) is 4.09. The van der Waals surface area contributed by atoms with Gasteiger partial charge in [0.15, 0.2) is 11.5 Å². The van der Waals surface area contributed by atoms with Crippen molar-refractivity contribution in [1.29, 1.82) is 0 Å². The Bertz CT molecular complexity index is 796. The molecule has 0 radical (unpaired) electrons. The van der Waals surface area contributed by atoms with Crippen molar-refractivity contribution in [1.82, 2.24) is 14.5 Å². The normalized spacial score (nSPS) is 20.2. The summed E-state index contributed by atoms with van der Waals surface area (Å²) in [4.78, 5) is 6.91. The quantitative estimate of drug-likeness (QED) is 0.826. The third kappa shape index (κ3) is 3.63. The highest BCUT2D eigenvalue weighted by atomic mass is 16.5. The van der Waals surface area contributed by atoms with E-state index in [9.17, 15) is 0 Å². The van der Waals surface area contributed by atoms with Gasteiger partial charge in [-0.15, -0.1) is 0 Å². The largest absolute Gasteiger partial charge is 0.493 e. The molecule has 0 saturated carbocycles. The molecule has 5 nitrogen and oxygen atoms in total. The van der Waals surface area contributed by atoms with Gasteiger partial charge in [-0.1, -0.05) is 12.1 Å². The topological polar surface area (TPSA) is 39.5 Å². The summed E-state index contributed by atoms with van der Waals surface area (Å²) in [6.07, 6.45) is 8.81. The molecule has 138 valence electrons. The molecule has 1 saturated heterocycles. The number of nitrogens with zero attached hydrogens (tertiary/aromatic N) is 3. The zero-order chi connectivity index (χ0) is 17.9. The standard InChI is InChI=1S/C21H27N3O2/c1-16-22-8-10-24(16)14-17-5-4-9-23(12-17)13-18-11-19-6-3-7-20(25-2)21(19)26-15-18/h3,6-8,10-11,17H,4-5,9,12-15H2,1-2H3/t17-/m1/s1. The minimum atomic E-state index is 0.648. The Balaban J connectivity index is 1.41. The minimum absolute atomic E-state index is 0.648. The maximum atomic E-state index is 6.00.